The molecule has 1 aromatic rings. The van der Waals surface area contributed by atoms with Crippen LogP contribution >= 0.6 is 11.8 Å². The summed E-state index contributed by atoms with van der Waals surface area (Å²) in [6.45, 7) is 5.35. The van der Waals surface area contributed by atoms with Crippen LogP contribution < -0.4 is 10.6 Å². The predicted octanol–water partition coefficient (Wildman–Crippen LogP) is 2.22. The minimum Gasteiger partial charge on any atom is -0.384 e. The Balaban J connectivity index is 2.41. The fourth-order valence-corrected chi connectivity index (χ4v) is 3.21. The van der Waals surface area contributed by atoms with Crippen LogP contribution in [-0.2, 0) is 0 Å². The van der Waals surface area contributed by atoms with E-state index in [0.717, 1.165) is 29.3 Å². The molecular formula is C13H19N3S. The summed E-state index contributed by atoms with van der Waals surface area (Å²) in [4.78, 5) is 2.38. The molecule has 92 valence electrons. The van der Waals surface area contributed by atoms with Crippen molar-refractivity contribution >= 4 is 23.3 Å². The first-order valence-corrected chi connectivity index (χ1v) is 7.04. The number of nitrogens with one attached hydrogen (secondary N) is 1. The minimum atomic E-state index is 0.158. The van der Waals surface area contributed by atoms with Crippen molar-refractivity contribution in [2.45, 2.75) is 19.9 Å². The van der Waals surface area contributed by atoms with E-state index in [-0.39, 0.29) is 5.84 Å². The Morgan fingerprint density at radius 1 is 1.53 bits per heavy atom. The highest BCUT2D eigenvalue weighted by molar-refractivity contribution is 7.99. The number of rotatable bonds is 2. The number of aryl methyl sites for hydroxylation is 1. The van der Waals surface area contributed by atoms with Gasteiger partial charge in [-0.25, -0.2) is 0 Å². The number of nitrogen functional groups attached to an aromatic ring is 1. The van der Waals surface area contributed by atoms with Gasteiger partial charge >= 0.3 is 0 Å². The van der Waals surface area contributed by atoms with E-state index in [0.29, 0.717) is 6.04 Å². The van der Waals surface area contributed by atoms with E-state index < -0.39 is 0 Å². The fraction of sp³-hybridized carbons (Fsp3) is 0.462. The number of amidine groups is 1. The molecule has 4 heteroatoms. The highest BCUT2D eigenvalue weighted by Gasteiger charge is 2.21. The zero-order valence-corrected chi connectivity index (χ0v) is 11.2. The molecule has 1 heterocycles. The van der Waals surface area contributed by atoms with E-state index in [1.807, 2.05) is 23.9 Å². The molecule has 1 unspecified atom stereocenters. The van der Waals surface area contributed by atoms with Crippen LogP contribution in [0.25, 0.3) is 0 Å². The van der Waals surface area contributed by atoms with Gasteiger partial charge in [0.15, 0.2) is 0 Å². The molecule has 3 N–H and O–H groups in total. The summed E-state index contributed by atoms with van der Waals surface area (Å²) in [6, 6.07) is 6.63. The maximum absolute atomic E-state index is 7.68. The van der Waals surface area contributed by atoms with Gasteiger partial charge in [-0.2, -0.15) is 11.8 Å². The van der Waals surface area contributed by atoms with Gasteiger partial charge in [0, 0.05) is 35.3 Å². The third kappa shape index (κ3) is 2.57. The van der Waals surface area contributed by atoms with Crippen molar-refractivity contribution in [2.75, 3.05) is 23.0 Å². The molecule has 1 atom stereocenters. The molecule has 2 rings (SSSR count). The van der Waals surface area contributed by atoms with Crippen LogP contribution in [0.3, 0.4) is 0 Å². The lowest BCUT2D eigenvalue weighted by Gasteiger charge is -2.36. The van der Waals surface area contributed by atoms with Crippen LogP contribution in [-0.4, -0.2) is 29.9 Å². The molecule has 1 aliphatic heterocycles. The zero-order valence-electron chi connectivity index (χ0n) is 10.4. The molecule has 0 radical (unpaired) electrons. The van der Waals surface area contributed by atoms with Gasteiger partial charge in [0.2, 0.25) is 0 Å². The van der Waals surface area contributed by atoms with Crippen molar-refractivity contribution in [3.63, 3.8) is 0 Å². The third-order valence-corrected chi connectivity index (χ3v) is 4.31. The Morgan fingerprint density at radius 2 is 2.29 bits per heavy atom. The molecular weight excluding hydrogens is 230 g/mol. The van der Waals surface area contributed by atoms with Crippen molar-refractivity contribution in [2.24, 2.45) is 5.73 Å². The number of benzene rings is 1. The first-order valence-electron chi connectivity index (χ1n) is 5.89. The molecule has 1 aromatic carbocycles. The summed E-state index contributed by atoms with van der Waals surface area (Å²) in [5.41, 5.74) is 8.86. The van der Waals surface area contributed by atoms with Crippen molar-refractivity contribution in [1.29, 1.82) is 5.41 Å². The molecule has 1 saturated heterocycles. The first-order chi connectivity index (χ1) is 8.09. The van der Waals surface area contributed by atoms with E-state index in [1.54, 1.807) is 0 Å². The average molecular weight is 249 g/mol. The second-order valence-electron chi connectivity index (χ2n) is 4.55. The van der Waals surface area contributed by atoms with E-state index >= 15 is 0 Å². The highest BCUT2D eigenvalue weighted by Crippen LogP contribution is 2.28. The molecule has 17 heavy (non-hydrogen) atoms. The van der Waals surface area contributed by atoms with E-state index in [1.165, 1.54) is 5.56 Å². The quantitative estimate of drug-likeness (QED) is 0.624. The van der Waals surface area contributed by atoms with Crippen LogP contribution in [0.2, 0.25) is 0 Å². The largest absolute Gasteiger partial charge is 0.384 e. The first kappa shape index (κ1) is 12.3. The molecule has 0 bridgehead atoms. The Bertz CT molecular complexity index is 431. The summed E-state index contributed by atoms with van der Waals surface area (Å²) in [6.07, 6.45) is 0. The Labute approximate surface area is 107 Å². The molecule has 1 fully saturated rings. The van der Waals surface area contributed by atoms with Crippen molar-refractivity contribution in [3.8, 4) is 0 Å². The maximum atomic E-state index is 7.68. The van der Waals surface area contributed by atoms with E-state index in [2.05, 4.69) is 24.8 Å². The number of thioether (sulfide) groups is 1. The van der Waals surface area contributed by atoms with Gasteiger partial charge in [-0.05, 0) is 31.5 Å². The summed E-state index contributed by atoms with van der Waals surface area (Å²) >= 11 is 1.99. The summed E-state index contributed by atoms with van der Waals surface area (Å²) in [5, 5.41) is 7.68. The van der Waals surface area contributed by atoms with Crippen molar-refractivity contribution in [1.82, 2.24) is 0 Å². The molecule has 0 spiro atoms. The zero-order chi connectivity index (χ0) is 12.4. The topological polar surface area (TPSA) is 53.1 Å². The lowest BCUT2D eigenvalue weighted by molar-refractivity contribution is 0.699. The molecule has 0 aliphatic carbocycles. The summed E-state index contributed by atoms with van der Waals surface area (Å²) < 4.78 is 0. The smallest absolute Gasteiger partial charge is 0.124 e. The van der Waals surface area contributed by atoms with E-state index in [9.17, 15) is 0 Å². The lowest BCUT2D eigenvalue weighted by Crippen LogP contribution is -2.41. The van der Waals surface area contributed by atoms with Gasteiger partial charge in [-0.15, -0.1) is 0 Å². The Hall–Kier alpha value is -1.16. The summed E-state index contributed by atoms with van der Waals surface area (Å²) in [5.74, 6) is 2.45. The molecule has 0 aromatic heterocycles. The predicted molar refractivity (Wildman–Crippen MR) is 76.3 cm³/mol. The van der Waals surface area contributed by atoms with Crippen LogP contribution in [0.4, 0.5) is 5.69 Å². The number of nitrogens with zero attached hydrogens (tertiary/aromatic N) is 1. The van der Waals surface area contributed by atoms with Crippen molar-refractivity contribution < 1.29 is 0 Å². The third-order valence-electron chi connectivity index (χ3n) is 3.12. The second-order valence-corrected chi connectivity index (χ2v) is 5.70. The van der Waals surface area contributed by atoms with Crippen molar-refractivity contribution in [3.05, 3.63) is 29.3 Å². The molecule has 0 amide bonds. The van der Waals surface area contributed by atoms with Gasteiger partial charge in [0.25, 0.3) is 0 Å². The van der Waals surface area contributed by atoms with Crippen LogP contribution in [0.5, 0.6) is 0 Å². The van der Waals surface area contributed by atoms with Crippen LogP contribution in [0, 0.1) is 12.3 Å². The number of anilines is 1. The summed E-state index contributed by atoms with van der Waals surface area (Å²) in [7, 11) is 0. The number of hydrogen-bond donors (Lipinski definition) is 2. The minimum absolute atomic E-state index is 0.158. The van der Waals surface area contributed by atoms with E-state index in [4.69, 9.17) is 11.1 Å². The van der Waals surface area contributed by atoms with Gasteiger partial charge in [-0.3, -0.25) is 5.41 Å². The highest BCUT2D eigenvalue weighted by atomic mass is 32.2. The molecule has 1 aliphatic rings. The SMILES string of the molecule is Cc1ccc(C(=N)N)c(N2CCSCC2C)c1. The average Bonchev–Trinajstić information content (AvgIpc) is 2.29. The lowest BCUT2D eigenvalue weighted by atomic mass is 10.1. The Morgan fingerprint density at radius 3 is 2.94 bits per heavy atom. The monoisotopic (exact) mass is 249 g/mol. The maximum Gasteiger partial charge on any atom is 0.124 e. The van der Waals surface area contributed by atoms with Gasteiger partial charge < -0.3 is 10.6 Å². The number of hydrogen-bond acceptors (Lipinski definition) is 3. The van der Waals surface area contributed by atoms with Gasteiger partial charge in [0.05, 0.1) is 0 Å². The van der Waals surface area contributed by atoms with Gasteiger partial charge in [0.1, 0.15) is 5.84 Å². The fourth-order valence-electron chi connectivity index (χ4n) is 2.19. The number of nitrogens with two attached hydrogens (primary N) is 1. The standard InChI is InChI=1S/C13H19N3S/c1-9-3-4-11(13(14)15)12(7-9)16-5-6-17-8-10(16)2/h3-4,7,10H,5-6,8H2,1-2H3,(H3,14,15). The van der Waals surface area contributed by atoms with Crippen LogP contribution in [0.1, 0.15) is 18.1 Å². The normalized spacial score (nSPS) is 20.4. The van der Waals surface area contributed by atoms with Crippen LogP contribution in [0.15, 0.2) is 18.2 Å². The molecule has 0 saturated carbocycles. The van der Waals surface area contributed by atoms with Gasteiger partial charge in [-0.1, -0.05) is 6.07 Å². The molecule has 3 nitrogen and oxygen atoms in total. The Kier molecular flexibility index (Phi) is 3.62. The second kappa shape index (κ2) is 5.00.